The van der Waals surface area contributed by atoms with Crippen molar-refractivity contribution < 1.29 is 0 Å². The first-order valence-electron chi connectivity index (χ1n) is 4.31. The lowest BCUT2D eigenvalue weighted by Gasteiger charge is -2.12. The molecule has 0 aromatic carbocycles. The third-order valence-electron chi connectivity index (χ3n) is 2.03. The summed E-state index contributed by atoms with van der Waals surface area (Å²) in [5.74, 6) is 2.55. The molecule has 1 aromatic heterocycles. The molecule has 2 rings (SSSR count). The van der Waals surface area contributed by atoms with Crippen LogP contribution in [0.15, 0.2) is 17.5 Å². The van der Waals surface area contributed by atoms with Crippen LogP contribution in [-0.2, 0) is 0 Å². The fourth-order valence-electron chi connectivity index (χ4n) is 1.38. The van der Waals surface area contributed by atoms with E-state index in [1.165, 1.54) is 29.3 Å². The molecule has 1 aliphatic heterocycles. The van der Waals surface area contributed by atoms with Gasteiger partial charge in [-0.05, 0) is 30.2 Å². The number of nitrogens with one attached hydrogen (secondary N) is 1. The highest BCUT2D eigenvalue weighted by Gasteiger charge is 2.13. The van der Waals surface area contributed by atoms with Gasteiger partial charge in [-0.1, -0.05) is 6.07 Å². The predicted molar refractivity (Wildman–Crippen MR) is 57.0 cm³/mol. The summed E-state index contributed by atoms with van der Waals surface area (Å²) in [4.78, 5) is 1.49. The molecule has 0 aliphatic carbocycles. The average molecular weight is 199 g/mol. The Balaban J connectivity index is 2.02. The van der Waals surface area contributed by atoms with Crippen molar-refractivity contribution in [2.24, 2.45) is 0 Å². The van der Waals surface area contributed by atoms with E-state index >= 15 is 0 Å². The first-order chi connectivity index (χ1) is 5.97. The fraction of sp³-hybridized carbons (Fsp3) is 0.556. The number of rotatable bonds is 1. The van der Waals surface area contributed by atoms with E-state index in [0.717, 1.165) is 0 Å². The highest BCUT2D eigenvalue weighted by atomic mass is 32.2. The van der Waals surface area contributed by atoms with Crippen LogP contribution in [0.4, 0.5) is 0 Å². The first kappa shape index (κ1) is 8.60. The average Bonchev–Trinajstić information content (AvgIpc) is 2.48. The molecule has 2 heterocycles. The van der Waals surface area contributed by atoms with Crippen LogP contribution in [0.2, 0.25) is 0 Å². The molecule has 3 heteroatoms. The summed E-state index contributed by atoms with van der Waals surface area (Å²) in [6, 6.07) is 4.98. The van der Waals surface area contributed by atoms with Crippen LogP contribution >= 0.6 is 23.1 Å². The van der Waals surface area contributed by atoms with E-state index in [-0.39, 0.29) is 0 Å². The normalized spacial score (nSPS) is 25.2. The fourth-order valence-corrected chi connectivity index (χ4v) is 3.34. The van der Waals surface area contributed by atoms with Gasteiger partial charge in [0.25, 0.3) is 0 Å². The van der Waals surface area contributed by atoms with Gasteiger partial charge < -0.3 is 5.32 Å². The van der Waals surface area contributed by atoms with Gasteiger partial charge in [0, 0.05) is 10.6 Å². The second kappa shape index (κ2) is 4.30. The van der Waals surface area contributed by atoms with Gasteiger partial charge in [0.05, 0.1) is 6.04 Å². The minimum Gasteiger partial charge on any atom is -0.309 e. The number of thiophene rings is 1. The maximum absolute atomic E-state index is 3.57. The van der Waals surface area contributed by atoms with E-state index in [4.69, 9.17) is 0 Å². The molecular weight excluding hydrogens is 186 g/mol. The van der Waals surface area contributed by atoms with Crippen molar-refractivity contribution in [1.82, 2.24) is 5.32 Å². The van der Waals surface area contributed by atoms with Gasteiger partial charge >= 0.3 is 0 Å². The molecule has 1 aliphatic rings. The van der Waals surface area contributed by atoms with Crippen molar-refractivity contribution in [2.75, 3.05) is 18.1 Å². The van der Waals surface area contributed by atoms with Crippen molar-refractivity contribution in [3.63, 3.8) is 0 Å². The maximum atomic E-state index is 3.57. The lowest BCUT2D eigenvalue weighted by molar-refractivity contribution is 0.597. The van der Waals surface area contributed by atoms with Gasteiger partial charge in [-0.25, -0.2) is 0 Å². The molecule has 12 heavy (non-hydrogen) atoms. The number of hydrogen-bond donors (Lipinski definition) is 1. The smallest absolute Gasteiger partial charge is 0.0506 e. The molecule has 0 spiro atoms. The summed E-state index contributed by atoms with van der Waals surface area (Å²) >= 11 is 3.93. The minimum absolute atomic E-state index is 0.609. The quantitative estimate of drug-likeness (QED) is 0.746. The molecule has 66 valence electrons. The molecule has 0 bridgehead atoms. The van der Waals surface area contributed by atoms with Crippen molar-refractivity contribution in [1.29, 1.82) is 0 Å². The number of hydrogen-bond acceptors (Lipinski definition) is 3. The van der Waals surface area contributed by atoms with E-state index in [9.17, 15) is 0 Å². The Morgan fingerprint density at radius 3 is 3.33 bits per heavy atom. The summed E-state index contributed by atoms with van der Waals surface area (Å²) in [7, 11) is 0. The highest BCUT2D eigenvalue weighted by Crippen LogP contribution is 2.24. The molecule has 0 saturated carbocycles. The molecule has 1 nitrogen and oxygen atoms in total. The van der Waals surface area contributed by atoms with Crippen molar-refractivity contribution in [2.45, 2.75) is 12.5 Å². The lowest BCUT2D eigenvalue weighted by atomic mass is 10.2. The van der Waals surface area contributed by atoms with Crippen LogP contribution < -0.4 is 5.32 Å². The second-order valence-corrected chi connectivity index (χ2v) is 5.08. The van der Waals surface area contributed by atoms with Gasteiger partial charge in [0.2, 0.25) is 0 Å². The van der Waals surface area contributed by atoms with Gasteiger partial charge in [-0.3, -0.25) is 0 Å². The van der Waals surface area contributed by atoms with Crippen molar-refractivity contribution in [3.8, 4) is 0 Å². The highest BCUT2D eigenvalue weighted by molar-refractivity contribution is 7.99. The Labute approximate surface area is 81.6 Å². The van der Waals surface area contributed by atoms with Gasteiger partial charge in [0.15, 0.2) is 0 Å². The van der Waals surface area contributed by atoms with Gasteiger partial charge in [0.1, 0.15) is 0 Å². The molecule has 1 unspecified atom stereocenters. The largest absolute Gasteiger partial charge is 0.309 e. The molecular formula is C9H13NS2. The Bertz CT molecular complexity index is 212. The molecule has 1 N–H and O–H groups in total. The van der Waals surface area contributed by atoms with E-state index in [1.807, 2.05) is 11.3 Å². The van der Waals surface area contributed by atoms with Crippen LogP contribution in [0.3, 0.4) is 0 Å². The van der Waals surface area contributed by atoms with Crippen LogP contribution in [-0.4, -0.2) is 18.1 Å². The molecule has 0 radical (unpaired) electrons. The molecule has 0 amide bonds. The summed E-state index contributed by atoms with van der Waals surface area (Å²) in [5, 5.41) is 5.73. The maximum Gasteiger partial charge on any atom is 0.0506 e. The Hall–Kier alpha value is 0.01000. The summed E-state index contributed by atoms with van der Waals surface area (Å²) in [6.45, 7) is 1.18. The summed E-state index contributed by atoms with van der Waals surface area (Å²) < 4.78 is 0. The summed E-state index contributed by atoms with van der Waals surface area (Å²) in [5.41, 5.74) is 0. The van der Waals surface area contributed by atoms with Gasteiger partial charge in [-0.15, -0.1) is 11.3 Å². The van der Waals surface area contributed by atoms with Gasteiger partial charge in [-0.2, -0.15) is 11.8 Å². The Kier molecular flexibility index (Phi) is 3.08. The molecule has 1 saturated heterocycles. The molecule has 1 aromatic rings. The number of thioether (sulfide) groups is 1. The van der Waals surface area contributed by atoms with Crippen molar-refractivity contribution >= 4 is 23.1 Å². The van der Waals surface area contributed by atoms with E-state index < -0.39 is 0 Å². The summed E-state index contributed by atoms with van der Waals surface area (Å²) in [6.07, 6.45) is 1.31. The zero-order chi connectivity index (χ0) is 8.23. The van der Waals surface area contributed by atoms with E-state index in [1.54, 1.807) is 0 Å². The Morgan fingerprint density at radius 1 is 1.50 bits per heavy atom. The lowest BCUT2D eigenvalue weighted by Crippen LogP contribution is -2.21. The van der Waals surface area contributed by atoms with E-state index in [2.05, 4.69) is 34.6 Å². The van der Waals surface area contributed by atoms with Crippen LogP contribution in [0, 0.1) is 0 Å². The van der Waals surface area contributed by atoms with Crippen LogP contribution in [0.25, 0.3) is 0 Å². The third kappa shape index (κ3) is 2.03. The Morgan fingerprint density at radius 2 is 2.50 bits per heavy atom. The van der Waals surface area contributed by atoms with Crippen molar-refractivity contribution in [3.05, 3.63) is 22.4 Å². The zero-order valence-corrected chi connectivity index (χ0v) is 8.59. The van der Waals surface area contributed by atoms with E-state index in [0.29, 0.717) is 6.04 Å². The molecule has 1 fully saturated rings. The van der Waals surface area contributed by atoms with Crippen LogP contribution in [0.5, 0.6) is 0 Å². The molecule has 1 atom stereocenters. The minimum atomic E-state index is 0.609. The second-order valence-electron chi connectivity index (χ2n) is 2.95. The first-order valence-corrected chi connectivity index (χ1v) is 6.35. The van der Waals surface area contributed by atoms with Crippen LogP contribution in [0.1, 0.15) is 17.3 Å². The standard InChI is InChI=1S/C9H13NS2/c1-3-9(12-6-1)8-7-11-5-2-4-10-8/h1,3,6,8,10H,2,4-5,7H2. The third-order valence-corrected chi connectivity index (χ3v) is 4.16. The SMILES string of the molecule is c1csc(C2CSCCCN2)c1. The monoisotopic (exact) mass is 199 g/mol. The zero-order valence-electron chi connectivity index (χ0n) is 6.95. The predicted octanol–water partition coefficient (Wildman–Crippen LogP) is 2.52. The topological polar surface area (TPSA) is 12.0 Å².